The lowest BCUT2D eigenvalue weighted by molar-refractivity contribution is 0.142. The van der Waals surface area contributed by atoms with Crippen LogP contribution in [0.5, 0.6) is 0 Å². The largest absolute Gasteiger partial charge is 0.396 e. The third kappa shape index (κ3) is 2.32. The molecule has 0 atom stereocenters. The molecule has 0 aromatic carbocycles. The molecule has 0 saturated heterocycles. The van der Waals surface area contributed by atoms with Gasteiger partial charge >= 0.3 is 0 Å². The second kappa shape index (κ2) is 5.18. The van der Waals surface area contributed by atoms with E-state index in [4.69, 9.17) is 5.73 Å². The monoisotopic (exact) mass is 252 g/mol. The molecule has 2 rings (SSSR count). The van der Waals surface area contributed by atoms with Gasteiger partial charge in [0.15, 0.2) is 0 Å². The molecule has 4 N–H and O–H groups in total. The zero-order valence-corrected chi connectivity index (χ0v) is 11.4. The van der Waals surface area contributed by atoms with E-state index in [0.29, 0.717) is 0 Å². The number of nitrogens with one attached hydrogen (secondary N) is 1. The van der Waals surface area contributed by atoms with Crippen molar-refractivity contribution in [1.82, 2.24) is 9.78 Å². The van der Waals surface area contributed by atoms with Gasteiger partial charge in [-0.15, -0.1) is 0 Å². The smallest absolute Gasteiger partial charge is 0.148 e. The molecule has 1 heterocycles. The van der Waals surface area contributed by atoms with Crippen LogP contribution in [0.2, 0.25) is 0 Å². The summed E-state index contributed by atoms with van der Waals surface area (Å²) in [5.41, 5.74) is 7.66. The topological polar surface area (TPSA) is 76.1 Å². The number of aromatic nitrogens is 2. The number of nitrogens with two attached hydrogens (primary N) is 1. The van der Waals surface area contributed by atoms with Crippen molar-refractivity contribution in [3.8, 4) is 0 Å². The lowest BCUT2D eigenvalue weighted by Crippen LogP contribution is -2.31. The van der Waals surface area contributed by atoms with E-state index in [0.717, 1.165) is 43.1 Å². The third-order valence-electron chi connectivity index (χ3n) is 4.10. The van der Waals surface area contributed by atoms with Gasteiger partial charge in [-0.3, -0.25) is 0 Å². The van der Waals surface area contributed by atoms with Gasteiger partial charge in [-0.2, -0.15) is 5.10 Å². The van der Waals surface area contributed by atoms with Gasteiger partial charge in [-0.1, -0.05) is 12.8 Å². The Balaban J connectivity index is 2.09. The Kier molecular flexibility index (Phi) is 3.80. The summed E-state index contributed by atoms with van der Waals surface area (Å²) in [6.07, 6.45) is 4.61. The minimum atomic E-state index is 0.0309. The highest BCUT2D eigenvalue weighted by molar-refractivity contribution is 5.64. The normalized spacial score (nSPS) is 18.2. The fourth-order valence-electron chi connectivity index (χ4n) is 2.80. The molecule has 5 nitrogen and oxygen atoms in total. The third-order valence-corrected chi connectivity index (χ3v) is 4.10. The molecule has 0 radical (unpaired) electrons. The van der Waals surface area contributed by atoms with Crippen LogP contribution in [0.4, 0.5) is 11.5 Å². The summed E-state index contributed by atoms with van der Waals surface area (Å²) in [6.45, 7) is 5.79. The van der Waals surface area contributed by atoms with E-state index in [2.05, 4.69) is 17.3 Å². The highest BCUT2D eigenvalue weighted by atomic mass is 16.3. The maximum atomic E-state index is 9.60. The first kappa shape index (κ1) is 13.2. The number of hydrogen-bond acceptors (Lipinski definition) is 4. The number of aliphatic hydroxyl groups is 1. The van der Waals surface area contributed by atoms with Crippen molar-refractivity contribution >= 4 is 11.5 Å². The van der Waals surface area contributed by atoms with Crippen LogP contribution in [0.1, 0.15) is 38.3 Å². The molecule has 18 heavy (non-hydrogen) atoms. The average Bonchev–Trinajstić information content (AvgIpc) is 2.95. The highest BCUT2D eigenvalue weighted by Crippen LogP contribution is 2.38. The summed E-state index contributed by atoms with van der Waals surface area (Å²) >= 11 is 0. The van der Waals surface area contributed by atoms with Gasteiger partial charge in [0.1, 0.15) is 5.82 Å². The summed E-state index contributed by atoms with van der Waals surface area (Å²) in [6, 6.07) is 0. The number of aryl methyl sites for hydroxylation is 2. The lowest BCUT2D eigenvalue weighted by atomic mass is 9.87. The van der Waals surface area contributed by atoms with Crippen LogP contribution in [0.25, 0.3) is 0 Å². The van der Waals surface area contributed by atoms with Crippen molar-refractivity contribution < 1.29 is 5.11 Å². The zero-order valence-electron chi connectivity index (χ0n) is 11.4. The second-order valence-corrected chi connectivity index (χ2v) is 5.38. The van der Waals surface area contributed by atoms with E-state index in [1.165, 1.54) is 12.8 Å². The van der Waals surface area contributed by atoms with E-state index in [1.54, 1.807) is 0 Å². The Bertz CT molecular complexity index is 407. The standard InChI is InChI=1S/C13H24N4O/c1-3-17-12(11(14)10(2)16-17)15-8-13(9-18)6-4-5-7-13/h15,18H,3-9,14H2,1-2H3. The summed E-state index contributed by atoms with van der Waals surface area (Å²) in [5.74, 6) is 0.898. The van der Waals surface area contributed by atoms with Gasteiger partial charge < -0.3 is 16.2 Å². The minimum Gasteiger partial charge on any atom is -0.396 e. The van der Waals surface area contributed by atoms with Crippen LogP contribution in [-0.2, 0) is 6.54 Å². The first-order chi connectivity index (χ1) is 8.62. The maximum absolute atomic E-state index is 9.60. The van der Waals surface area contributed by atoms with Crippen molar-refractivity contribution in [3.63, 3.8) is 0 Å². The van der Waals surface area contributed by atoms with Crippen molar-refractivity contribution in [3.05, 3.63) is 5.69 Å². The summed E-state index contributed by atoms with van der Waals surface area (Å²) in [4.78, 5) is 0. The number of aliphatic hydroxyl groups excluding tert-OH is 1. The molecule has 1 saturated carbocycles. The first-order valence-corrected chi connectivity index (χ1v) is 6.79. The van der Waals surface area contributed by atoms with Gasteiger partial charge in [-0.05, 0) is 26.7 Å². The quantitative estimate of drug-likeness (QED) is 0.746. The molecule has 0 bridgehead atoms. The van der Waals surface area contributed by atoms with Crippen molar-refractivity contribution in [2.24, 2.45) is 5.41 Å². The maximum Gasteiger partial charge on any atom is 0.148 e. The molecule has 0 unspecified atom stereocenters. The van der Waals surface area contributed by atoms with E-state index in [9.17, 15) is 5.11 Å². The highest BCUT2D eigenvalue weighted by Gasteiger charge is 2.33. The van der Waals surface area contributed by atoms with E-state index >= 15 is 0 Å². The first-order valence-electron chi connectivity index (χ1n) is 6.79. The molecule has 1 aromatic heterocycles. The Morgan fingerprint density at radius 3 is 2.67 bits per heavy atom. The van der Waals surface area contributed by atoms with Crippen LogP contribution in [-0.4, -0.2) is 28.0 Å². The number of nitrogens with zero attached hydrogens (tertiary/aromatic N) is 2. The van der Waals surface area contributed by atoms with E-state index in [-0.39, 0.29) is 12.0 Å². The lowest BCUT2D eigenvalue weighted by Gasteiger charge is -2.27. The number of rotatable bonds is 5. The molecule has 5 heteroatoms. The predicted molar refractivity (Wildman–Crippen MR) is 73.5 cm³/mol. The molecule has 1 fully saturated rings. The Labute approximate surface area is 108 Å². The fraction of sp³-hybridized carbons (Fsp3) is 0.769. The summed E-state index contributed by atoms with van der Waals surface area (Å²) in [5, 5.41) is 17.4. The van der Waals surface area contributed by atoms with Crippen LogP contribution in [0, 0.1) is 12.3 Å². The average molecular weight is 252 g/mol. The van der Waals surface area contributed by atoms with Crippen LogP contribution in [0.15, 0.2) is 0 Å². The Morgan fingerprint density at radius 2 is 2.11 bits per heavy atom. The zero-order chi connectivity index (χ0) is 13.2. The van der Waals surface area contributed by atoms with Gasteiger partial charge in [0.25, 0.3) is 0 Å². The van der Waals surface area contributed by atoms with Crippen LogP contribution < -0.4 is 11.1 Å². The minimum absolute atomic E-state index is 0.0309. The van der Waals surface area contributed by atoms with Gasteiger partial charge in [0.2, 0.25) is 0 Å². The molecule has 0 aliphatic heterocycles. The van der Waals surface area contributed by atoms with Crippen molar-refractivity contribution in [2.45, 2.75) is 46.1 Å². The fourth-order valence-corrected chi connectivity index (χ4v) is 2.80. The Morgan fingerprint density at radius 1 is 1.44 bits per heavy atom. The molecular weight excluding hydrogens is 228 g/mol. The van der Waals surface area contributed by atoms with Gasteiger partial charge in [-0.25, -0.2) is 4.68 Å². The summed E-state index contributed by atoms with van der Waals surface area (Å²) in [7, 11) is 0. The number of nitrogen functional groups attached to an aromatic ring is 1. The Hall–Kier alpha value is -1.23. The van der Waals surface area contributed by atoms with E-state index in [1.807, 2.05) is 11.6 Å². The predicted octanol–water partition coefficient (Wildman–Crippen LogP) is 1.76. The van der Waals surface area contributed by atoms with E-state index < -0.39 is 0 Å². The van der Waals surface area contributed by atoms with Crippen molar-refractivity contribution in [2.75, 3.05) is 24.2 Å². The number of anilines is 2. The molecular formula is C13H24N4O. The van der Waals surface area contributed by atoms with Gasteiger partial charge in [0.05, 0.1) is 18.0 Å². The molecule has 1 aliphatic carbocycles. The summed E-state index contributed by atoms with van der Waals surface area (Å²) < 4.78 is 1.89. The second-order valence-electron chi connectivity index (χ2n) is 5.38. The molecule has 0 spiro atoms. The molecule has 1 aromatic rings. The molecule has 1 aliphatic rings. The van der Waals surface area contributed by atoms with Crippen molar-refractivity contribution in [1.29, 1.82) is 0 Å². The number of hydrogen-bond donors (Lipinski definition) is 3. The van der Waals surface area contributed by atoms with Crippen LogP contribution in [0.3, 0.4) is 0 Å². The van der Waals surface area contributed by atoms with Crippen LogP contribution >= 0.6 is 0 Å². The SMILES string of the molecule is CCn1nc(C)c(N)c1NCC1(CO)CCCC1. The van der Waals surface area contributed by atoms with Gasteiger partial charge in [0, 0.05) is 18.5 Å². The molecule has 102 valence electrons. The molecule has 0 amide bonds.